The van der Waals surface area contributed by atoms with E-state index in [-0.39, 0.29) is 22.5 Å². The molecular weight excluding hydrogens is 332 g/mol. The molecule has 0 aliphatic heterocycles. The van der Waals surface area contributed by atoms with Crippen LogP contribution in [-0.4, -0.2) is 18.7 Å². The lowest BCUT2D eigenvalue weighted by Crippen LogP contribution is -2.16. The Morgan fingerprint density at radius 1 is 1.31 bits per heavy atom. The number of nitrogens with two attached hydrogens (primary N) is 1. The van der Waals surface area contributed by atoms with Crippen LogP contribution in [-0.2, 0) is 6.42 Å². The number of hydrogen-bond donors (Lipinski definition) is 2. The molecule has 0 unspecified atom stereocenters. The molecule has 2 rings (SSSR count). The van der Waals surface area contributed by atoms with Gasteiger partial charge in [-0.3, -0.25) is 4.79 Å². The van der Waals surface area contributed by atoms with Crippen molar-refractivity contribution in [1.82, 2.24) is 4.98 Å². The highest BCUT2D eigenvalue weighted by Gasteiger charge is 2.21. The second kappa shape index (κ2) is 7.91. The maximum atomic E-state index is 12.1. The van der Waals surface area contributed by atoms with Gasteiger partial charge in [-0.15, -0.1) is 6.58 Å². The monoisotopic (exact) mass is 350 g/mol. The number of rotatable bonds is 6. The number of allylic oxidation sites excluding steroid dienone is 1. The zero-order valence-corrected chi connectivity index (χ0v) is 14.5. The predicted octanol–water partition coefficient (Wildman–Crippen LogP) is 2.50. The number of aromatic nitrogens is 1. The van der Waals surface area contributed by atoms with Crippen molar-refractivity contribution in [3.63, 3.8) is 0 Å². The Bertz CT molecular complexity index is 994. The van der Waals surface area contributed by atoms with Crippen LogP contribution in [0.1, 0.15) is 23.6 Å². The summed E-state index contributed by atoms with van der Waals surface area (Å²) >= 11 is 0. The number of benzene rings is 1. The summed E-state index contributed by atoms with van der Waals surface area (Å²) in [5.74, 6) is 0.880. The molecule has 0 spiro atoms. The van der Waals surface area contributed by atoms with Crippen molar-refractivity contribution in [2.24, 2.45) is 0 Å². The summed E-state index contributed by atoms with van der Waals surface area (Å²) in [4.78, 5) is 14.5. The molecule has 0 saturated carbocycles. The lowest BCUT2D eigenvalue weighted by Gasteiger charge is -2.17. The first-order valence-corrected chi connectivity index (χ1v) is 7.83. The number of aromatic amines is 1. The van der Waals surface area contributed by atoms with Crippen LogP contribution in [0.3, 0.4) is 0 Å². The molecule has 0 atom stereocenters. The molecule has 3 N–H and O–H groups in total. The Hall–Kier alpha value is -3.71. The summed E-state index contributed by atoms with van der Waals surface area (Å²) in [5.41, 5.74) is 6.35. The number of nitrogens with zero attached hydrogens (tertiary/aromatic N) is 2. The number of H-pyrrole nitrogens is 1. The summed E-state index contributed by atoms with van der Waals surface area (Å²) in [6, 6.07) is 7.16. The molecular formula is C19H18N4O3. The fourth-order valence-corrected chi connectivity index (χ4v) is 2.70. The van der Waals surface area contributed by atoms with E-state index in [1.807, 2.05) is 19.1 Å². The topological polar surface area (TPSA) is 125 Å². The highest BCUT2D eigenvalue weighted by molar-refractivity contribution is 5.82. The number of hydrogen-bond acceptors (Lipinski definition) is 6. The molecule has 0 radical (unpaired) electrons. The first-order valence-electron chi connectivity index (χ1n) is 7.83. The van der Waals surface area contributed by atoms with Gasteiger partial charge in [-0.05, 0) is 31.0 Å². The first kappa shape index (κ1) is 18.6. The van der Waals surface area contributed by atoms with E-state index >= 15 is 0 Å². The molecule has 0 aliphatic carbocycles. The lowest BCUT2D eigenvalue weighted by atomic mass is 9.94. The van der Waals surface area contributed by atoms with E-state index in [4.69, 9.17) is 15.2 Å². The van der Waals surface area contributed by atoms with Gasteiger partial charge in [-0.1, -0.05) is 6.08 Å². The highest BCUT2D eigenvalue weighted by Crippen LogP contribution is 2.39. The van der Waals surface area contributed by atoms with Gasteiger partial charge in [0.1, 0.15) is 29.1 Å². The fraction of sp³-hybridized carbons (Fsp3) is 0.211. The Balaban J connectivity index is 2.92. The number of ether oxygens (including phenoxy) is 2. The average Bonchev–Trinajstić information content (AvgIpc) is 2.62. The third kappa shape index (κ3) is 3.24. The predicted molar refractivity (Wildman–Crippen MR) is 98.0 cm³/mol. The zero-order valence-electron chi connectivity index (χ0n) is 14.5. The normalized spacial score (nSPS) is 9.85. The Morgan fingerprint density at radius 3 is 2.54 bits per heavy atom. The molecule has 132 valence electrons. The Kier molecular flexibility index (Phi) is 5.67. The third-order valence-corrected chi connectivity index (χ3v) is 3.76. The van der Waals surface area contributed by atoms with Crippen molar-refractivity contribution in [1.29, 1.82) is 10.5 Å². The van der Waals surface area contributed by atoms with Gasteiger partial charge in [0.25, 0.3) is 5.56 Å². The van der Waals surface area contributed by atoms with Gasteiger partial charge in [-0.2, -0.15) is 10.5 Å². The molecule has 0 aliphatic rings. The molecule has 7 heteroatoms. The number of methoxy groups -OCH3 is 1. The van der Waals surface area contributed by atoms with Crippen LogP contribution in [0.4, 0.5) is 5.82 Å². The maximum absolute atomic E-state index is 12.1. The van der Waals surface area contributed by atoms with Gasteiger partial charge in [0.2, 0.25) is 0 Å². The summed E-state index contributed by atoms with van der Waals surface area (Å²) in [7, 11) is 1.49. The standard InChI is InChI=1S/C19H18N4O3/c1-4-6-11-7-12(8-15(25-3)17(11)26-5-2)16-13(9-20)18(22)23-19(24)14(16)10-21/h4,7-8H,1,5-6H2,2-3H3,(H3,22,23,24). The Morgan fingerprint density at radius 2 is 2.00 bits per heavy atom. The van der Waals surface area contributed by atoms with Gasteiger partial charge < -0.3 is 20.2 Å². The van der Waals surface area contributed by atoms with Crippen LogP contribution >= 0.6 is 0 Å². The molecule has 1 aromatic carbocycles. The number of pyridine rings is 1. The molecule has 0 bridgehead atoms. The molecule has 0 fully saturated rings. The maximum Gasteiger partial charge on any atom is 0.268 e. The van der Waals surface area contributed by atoms with Gasteiger partial charge in [0, 0.05) is 11.1 Å². The van der Waals surface area contributed by atoms with Gasteiger partial charge >= 0.3 is 0 Å². The van der Waals surface area contributed by atoms with E-state index in [9.17, 15) is 15.3 Å². The van der Waals surface area contributed by atoms with E-state index in [2.05, 4.69) is 11.6 Å². The van der Waals surface area contributed by atoms with Crippen LogP contribution in [0.25, 0.3) is 11.1 Å². The van der Waals surface area contributed by atoms with E-state index in [1.54, 1.807) is 18.2 Å². The van der Waals surface area contributed by atoms with Crippen molar-refractivity contribution in [3.05, 3.63) is 51.8 Å². The molecule has 0 amide bonds. The van der Waals surface area contributed by atoms with E-state index in [0.717, 1.165) is 5.56 Å². The number of anilines is 1. The largest absolute Gasteiger partial charge is 0.493 e. The first-order chi connectivity index (χ1) is 12.5. The molecule has 7 nitrogen and oxygen atoms in total. The summed E-state index contributed by atoms with van der Waals surface area (Å²) in [6.07, 6.45) is 2.17. The minimum atomic E-state index is -0.655. The van der Waals surface area contributed by atoms with Gasteiger partial charge in [0.15, 0.2) is 11.5 Å². The average molecular weight is 350 g/mol. The summed E-state index contributed by atoms with van der Waals surface area (Å²) in [5, 5.41) is 18.9. The number of nitrogens with one attached hydrogen (secondary N) is 1. The number of nitriles is 2. The van der Waals surface area contributed by atoms with Crippen LogP contribution in [0, 0.1) is 22.7 Å². The van der Waals surface area contributed by atoms with Crippen molar-refractivity contribution in [2.45, 2.75) is 13.3 Å². The molecule has 1 aromatic heterocycles. The summed E-state index contributed by atoms with van der Waals surface area (Å²) in [6.45, 7) is 6.02. The van der Waals surface area contributed by atoms with Crippen molar-refractivity contribution in [3.8, 4) is 34.8 Å². The fourth-order valence-electron chi connectivity index (χ4n) is 2.70. The second-order valence-electron chi connectivity index (χ2n) is 5.31. The second-order valence-corrected chi connectivity index (χ2v) is 5.31. The van der Waals surface area contributed by atoms with E-state index in [0.29, 0.717) is 30.1 Å². The number of nitrogen functional groups attached to an aromatic ring is 1. The summed E-state index contributed by atoms with van der Waals surface area (Å²) < 4.78 is 11.1. The smallest absolute Gasteiger partial charge is 0.268 e. The molecule has 1 heterocycles. The molecule has 26 heavy (non-hydrogen) atoms. The SMILES string of the molecule is C=CCc1cc(-c2c(C#N)c(N)[nH]c(=O)c2C#N)cc(OC)c1OCC. The van der Waals surface area contributed by atoms with Gasteiger partial charge in [-0.25, -0.2) is 0 Å². The molecule has 2 aromatic rings. The quantitative estimate of drug-likeness (QED) is 0.771. The van der Waals surface area contributed by atoms with Crippen LogP contribution < -0.4 is 20.8 Å². The van der Waals surface area contributed by atoms with E-state index in [1.165, 1.54) is 7.11 Å². The van der Waals surface area contributed by atoms with Crippen molar-refractivity contribution >= 4 is 5.82 Å². The van der Waals surface area contributed by atoms with Crippen LogP contribution in [0.15, 0.2) is 29.6 Å². The van der Waals surface area contributed by atoms with E-state index < -0.39 is 5.56 Å². The minimum Gasteiger partial charge on any atom is -0.493 e. The van der Waals surface area contributed by atoms with Crippen LogP contribution in [0.5, 0.6) is 11.5 Å². The van der Waals surface area contributed by atoms with Gasteiger partial charge in [0.05, 0.1) is 13.7 Å². The third-order valence-electron chi connectivity index (χ3n) is 3.76. The minimum absolute atomic E-state index is 0.0249. The highest BCUT2D eigenvalue weighted by atomic mass is 16.5. The Labute approximate surface area is 150 Å². The van der Waals surface area contributed by atoms with Crippen molar-refractivity contribution < 1.29 is 9.47 Å². The van der Waals surface area contributed by atoms with Crippen molar-refractivity contribution in [2.75, 3.05) is 19.5 Å². The zero-order chi connectivity index (χ0) is 19.3. The molecule has 0 saturated heterocycles. The lowest BCUT2D eigenvalue weighted by molar-refractivity contribution is 0.308. The van der Waals surface area contributed by atoms with Crippen LogP contribution in [0.2, 0.25) is 0 Å².